The summed E-state index contributed by atoms with van der Waals surface area (Å²) in [6, 6.07) is 19.7. The smallest absolute Gasteiger partial charge is 0.280 e. The van der Waals surface area contributed by atoms with Gasteiger partial charge in [-0.05, 0) is 49.6 Å². The third-order valence-electron chi connectivity index (χ3n) is 6.10. The van der Waals surface area contributed by atoms with E-state index < -0.39 is 0 Å². The third kappa shape index (κ3) is 3.22. The van der Waals surface area contributed by atoms with E-state index in [0.29, 0.717) is 23.5 Å². The summed E-state index contributed by atoms with van der Waals surface area (Å²) >= 11 is 0. The van der Waals surface area contributed by atoms with Crippen LogP contribution in [0.15, 0.2) is 77.7 Å². The molecule has 162 valence electrons. The summed E-state index contributed by atoms with van der Waals surface area (Å²) in [6.45, 7) is 2.54. The van der Waals surface area contributed by atoms with Crippen LogP contribution >= 0.6 is 0 Å². The highest BCUT2D eigenvalue weighted by molar-refractivity contribution is 5.87. The topological polar surface area (TPSA) is 72.3 Å². The van der Waals surface area contributed by atoms with Crippen LogP contribution in [0.5, 0.6) is 0 Å². The zero-order valence-corrected chi connectivity index (χ0v) is 18.2. The molecule has 1 aliphatic rings. The molecule has 0 saturated heterocycles. The van der Waals surface area contributed by atoms with Gasteiger partial charge in [-0.1, -0.05) is 42.5 Å². The molecule has 0 spiro atoms. The minimum Gasteiger partial charge on any atom is -0.493 e. The van der Waals surface area contributed by atoms with Crippen LogP contribution in [0.2, 0.25) is 0 Å². The summed E-state index contributed by atoms with van der Waals surface area (Å²) in [5.74, 6) is 0.773. The van der Waals surface area contributed by atoms with Crippen LogP contribution < -0.4 is 5.56 Å². The van der Waals surface area contributed by atoms with Crippen molar-refractivity contribution in [1.29, 1.82) is 0 Å². The van der Waals surface area contributed by atoms with Crippen molar-refractivity contribution >= 4 is 22.3 Å². The van der Waals surface area contributed by atoms with Crippen molar-refractivity contribution in [3.8, 4) is 22.4 Å². The molecule has 6 nitrogen and oxygen atoms in total. The summed E-state index contributed by atoms with van der Waals surface area (Å²) in [7, 11) is 0. The molecule has 0 radical (unpaired) electrons. The van der Waals surface area contributed by atoms with Crippen LogP contribution in [-0.4, -0.2) is 26.2 Å². The molecule has 0 saturated carbocycles. The molecule has 0 fully saturated rings. The van der Waals surface area contributed by atoms with E-state index in [1.165, 1.54) is 0 Å². The number of benzene rings is 2. The van der Waals surface area contributed by atoms with Gasteiger partial charge < -0.3 is 4.74 Å². The highest BCUT2D eigenvalue weighted by Gasteiger charge is 2.24. The molecule has 4 heterocycles. The zero-order chi connectivity index (χ0) is 22.4. The molecule has 0 amide bonds. The first-order valence-corrected chi connectivity index (χ1v) is 11.1. The lowest BCUT2D eigenvalue weighted by molar-refractivity contribution is 0.259. The first-order chi connectivity index (χ1) is 16.2. The number of fused-ring (bicyclic) bond motifs is 2. The second-order valence-electron chi connectivity index (χ2n) is 8.23. The quantitative estimate of drug-likeness (QED) is 0.415. The van der Waals surface area contributed by atoms with Gasteiger partial charge in [0, 0.05) is 17.1 Å². The number of pyridine rings is 1. The van der Waals surface area contributed by atoms with Crippen molar-refractivity contribution in [2.75, 3.05) is 6.61 Å². The third-order valence-corrected chi connectivity index (χ3v) is 6.10. The summed E-state index contributed by atoms with van der Waals surface area (Å²) in [6.07, 6.45) is 5.78. The maximum absolute atomic E-state index is 13.8. The van der Waals surface area contributed by atoms with Crippen LogP contribution in [0, 0.1) is 6.92 Å². The summed E-state index contributed by atoms with van der Waals surface area (Å²) in [5, 5.41) is 4.31. The molecule has 5 aromatic rings. The molecule has 6 rings (SSSR count). The monoisotopic (exact) mass is 434 g/mol. The number of nitrogens with one attached hydrogen (secondary N) is 1. The normalized spacial score (nSPS) is 13.8. The first-order valence-electron chi connectivity index (χ1n) is 11.1. The van der Waals surface area contributed by atoms with E-state index in [-0.39, 0.29) is 5.56 Å². The van der Waals surface area contributed by atoms with Gasteiger partial charge in [0.2, 0.25) is 0 Å². The Morgan fingerprint density at radius 1 is 1.00 bits per heavy atom. The number of rotatable bonds is 3. The van der Waals surface area contributed by atoms with Crippen LogP contribution in [0.25, 0.3) is 44.7 Å². The Kier molecular flexibility index (Phi) is 4.57. The highest BCUT2D eigenvalue weighted by Crippen LogP contribution is 2.34. The Bertz CT molecular complexity index is 1600. The summed E-state index contributed by atoms with van der Waals surface area (Å²) in [4.78, 5) is 23.1. The molecule has 0 unspecified atom stereocenters. The van der Waals surface area contributed by atoms with E-state index in [4.69, 9.17) is 9.72 Å². The number of hydrogen-bond donors (Lipinski definition) is 1. The van der Waals surface area contributed by atoms with Crippen molar-refractivity contribution < 1.29 is 4.74 Å². The molecule has 33 heavy (non-hydrogen) atoms. The summed E-state index contributed by atoms with van der Waals surface area (Å²) < 4.78 is 7.56. The molecule has 2 aromatic carbocycles. The fraction of sp³-hybridized carbons (Fsp3) is 0.148. The fourth-order valence-corrected chi connectivity index (χ4v) is 4.52. The number of aromatic amines is 1. The lowest BCUT2D eigenvalue weighted by Gasteiger charge is -2.15. The van der Waals surface area contributed by atoms with Gasteiger partial charge in [-0.3, -0.25) is 14.9 Å². The molecule has 0 bridgehead atoms. The predicted molar refractivity (Wildman–Crippen MR) is 130 cm³/mol. The summed E-state index contributed by atoms with van der Waals surface area (Å²) in [5.41, 5.74) is 6.04. The van der Waals surface area contributed by atoms with Crippen LogP contribution in [0.1, 0.15) is 24.1 Å². The largest absolute Gasteiger partial charge is 0.493 e. The standard InChI is InChI=1S/C27H22N4O2/c1-17-23(20-12-13-21-19(16-20)10-7-14-28-21)27(32)31-26(29-17)24(22-11-5-6-15-33-22)25(30-31)18-8-3-2-4-9-18/h2-4,7-14,16,30H,5-6,15H2,1H3. The maximum Gasteiger partial charge on any atom is 0.280 e. The van der Waals surface area contributed by atoms with Gasteiger partial charge in [-0.2, -0.15) is 4.52 Å². The number of hydrogen-bond acceptors (Lipinski definition) is 4. The minimum absolute atomic E-state index is 0.138. The molecule has 6 heteroatoms. The fourth-order valence-electron chi connectivity index (χ4n) is 4.52. The molecule has 3 aromatic heterocycles. The van der Waals surface area contributed by atoms with Gasteiger partial charge >= 0.3 is 0 Å². The van der Waals surface area contributed by atoms with Gasteiger partial charge in [-0.15, -0.1) is 0 Å². The molecular formula is C27H22N4O2. The van der Waals surface area contributed by atoms with E-state index in [9.17, 15) is 4.79 Å². The van der Waals surface area contributed by atoms with Crippen molar-refractivity contribution in [3.05, 3.63) is 94.5 Å². The number of aromatic nitrogens is 4. The average molecular weight is 434 g/mol. The maximum atomic E-state index is 13.8. The molecule has 1 aliphatic heterocycles. The molecule has 1 N–H and O–H groups in total. The second kappa shape index (κ2) is 7.74. The number of H-pyrrole nitrogens is 1. The number of aryl methyl sites for hydroxylation is 1. The van der Waals surface area contributed by atoms with Gasteiger partial charge in [0.25, 0.3) is 5.56 Å². The zero-order valence-electron chi connectivity index (χ0n) is 18.2. The molecular weight excluding hydrogens is 412 g/mol. The van der Waals surface area contributed by atoms with E-state index in [0.717, 1.165) is 51.9 Å². The lowest BCUT2D eigenvalue weighted by Crippen LogP contribution is -2.19. The van der Waals surface area contributed by atoms with Crippen molar-refractivity contribution in [1.82, 2.24) is 19.6 Å². The SMILES string of the molecule is Cc1nc2c(C3=CCCCO3)c(-c3ccccc3)[nH]n2c(=O)c1-c1ccc2ncccc2c1. The van der Waals surface area contributed by atoms with Gasteiger partial charge in [0.05, 0.1) is 34.6 Å². The Morgan fingerprint density at radius 2 is 1.88 bits per heavy atom. The van der Waals surface area contributed by atoms with E-state index in [1.807, 2.05) is 67.6 Å². The van der Waals surface area contributed by atoms with Crippen LogP contribution in [0.3, 0.4) is 0 Å². The average Bonchev–Trinajstić information content (AvgIpc) is 3.24. The van der Waals surface area contributed by atoms with Gasteiger partial charge in [-0.25, -0.2) is 4.98 Å². The van der Waals surface area contributed by atoms with Crippen molar-refractivity contribution in [2.45, 2.75) is 19.8 Å². The predicted octanol–water partition coefficient (Wildman–Crippen LogP) is 5.36. The Labute approximate surface area is 190 Å². The minimum atomic E-state index is -0.138. The van der Waals surface area contributed by atoms with Crippen molar-refractivity contribution in [3.63, 3.8) is 0 Å². The Morgan fingerprint density at radius 3 is 2.70 bits per heavy atom. The number of ether oxygens (including phenoxy) is 1. The lowest BCUT2D eigenvalue weighted by atomic mass is 10.0. The van der Waals surface area contributed by atoms with Crippen LogP contribution in [0.4, 0.5) is 0 Å². The van der Waals surface area contributed by atoms with Gasteiger partial charge in [0.1, 0.15) is 5.76 Å². The van der Waals surface area contributed by atoms with Crippen molar-refractivity contribution in [2.24, 2.45) is 0 Å². The molecule has 0 aliphatic carbocycles. The van der Waals surface area contributed by atoms with E-state index in [2.05, 4.69) is 16.2 Å². The van der Waals surface area contributed by atoms with Gasteiger partial charge in [0.15, 0.2) is 5.65 Å². The molecule has 0 atom stereocenters. The number of allylic oxidation sites excluding steroid dienone is 1. The van der Waals surface area contributed by atoms with Crippen LogP contribution in [-0.2, 0) is 4.74 Å². The first kappa shape index (κ1) is 19.5. The van der Waals surface area contributed by atoms with E-state index >= 15 is 0 Å². The number of nitrogens with zero attached hydrogens (tertiary/aromatic N) is 3. The Hall–Kier alpha value is -4.19. The second-order valence-corrected chi connectivity index (χ2v) is 8.23. The highest BCUT2D eigenvalue weighted by atomic mass is 16.5. The van der Waals surface area contributed by atoms with E-state index in [1.54, 1.807) is 10.7 Å². The Balaban J connectivity index is 1.63.